The molecule has 1 heterocycles. The quantitative estimate of drug-likeness (QED) is 0.809. The number of aliphatic hydroxyl groups excluding tert-OH is 1. The second kappa shape index (κ2) is 3.32. The minimum atomic E-state index is 0.252. The summed E-state index contributed by atoms with van der Waals surface area (Å²) in [6.45, 7) is 3.56. The summed E-state index contributed by atoms with van der Waals surface area (Å²) >= 11 is 0. The number of hydrogen-bond acceptors (Lipinski definition) is 2. The molecular weight excluding hydrogens is 186 g/mol. The molecule has 0 atom stereocenters. The zero-order valence-electron chi connectivity index (χ0n) is 8.95. The Balaban J connectivity index is 1.69. The van der Waals surface area contributed by atoms with Gasteiger partial charge in [0.15, 0.2) is 0 Å². The Morgan fingerprint density at radius 3 is 2.20 bits per heavy atom. The predicted molar refractivity (Wildman–Crippen MR) is 59.3 cm³/mol. The highest BCUT2D eigenvalue weighted by Gasteiger charge is 2.43. The monoisotopic (exact) mass is 203 g/mol. The van der Waals surface area contributed by atoms with Gasteiger partial charge in [0, 0.05) is 31.7 Å². The molecule has 15 heavy (non-hydrogen) atoms. The molecule has 0 radical (unpaired) electrons. The average molecular weight is 203 g/mol. The van der Waals surface area contributed by atoms with Gasteiger partial charge in [0.1, 0.15) is 0 Å². The van der Waals surface area contributed by atoms with Gasteiger partial charge in [0.25, 0.3) is 0 Å². The summed E-state index contributed by atoms with van der Waals surface area (Å²) in [6, 6.07) is 8.66. The van der Waals surface area contributed by atoms with Crippen LogP contribution in [0, 0.1) is 5.41 Å². The van der Waals surface area contributed by atoms with Crippen molar-refractivity contribution in [2.45, 2.75) is 25.9 Å². The molecular formula is C13H17NO. The minimum Gasteiger partial charge on any atom is -0.396 e. The van der Waals surface area contributed by atoms with E-state index in [0.29, 0.717) is 6.61 Å². The van der Waals surface area contributed by atoms with Crippen molar-refractivity contribution >= 4 is 0 Å². The maximum Gasteiger partial charge on any atom is 0.0499 e. The van der Waals surface area contributed by atoms with E-state index in [9.17, 15) is 5.11 Å². The van der Waals surface area contributed by atoms with E-state index in [1.54, 1.807) is 0 Å². The molecule has 1 aromatic rings. The summed E-state index contributed by atoms with van der Waals surface area (Å²) in [5, 5.41) is 9.31. The molecule has 0 saturated heterocycles. The topological polar surface area (TPSA) is 23.5 Å². The van der Waals surface area contributed by atoms with Gasteiger partial charge in [0.05, 0.1) is 0 Å². The first kappa shape index (κ1) is 9.37. The number of hydrogen-bond donors (Lipinski definition) is 1. The van der Waals surface area contributed by atoms with Crippen molar-refractivity contribution in [3.05, 3.63) is 35.4 Å². The van der Waals surface area contributed by atoms with E-state index in [1.807, 2.05) is 0 Å². The van der Waals surface area contributed by atoms with Crippen molar-refractivity contribution in [2.24, 2.45) is 5.41 Å². The van der Waals surface area contributed by atoms with Crippen LogP contribution < -0.4 is 0 Å². The molecule has 0 unspecified atom stereocenters. The van der Waals surface area contributed by atoms with Gasteiger partial charge in [-0.1, -0.05) is 24.3 Å². The minimum absolute atomic E-state index is 0.252. The van der Waals surface area contributed by atoms with E-state index < -0.39 is 0 Å². The molecule has 3 rings (SSSR count). The molecule has 1 fully saturated rings. The largest absolute Gasteiger partial charge is 0.396 e. The molecule has 2 nitrogen and oxygen atoms in total. The van der Waals surface area contributed by atoms with Gasteiger partial charge >= 0.3 is 0 Å². The highest BCUT2D eigenvalue weighted by molar-refractivity contribution is 5.30. The van der Waals surface area contributed by atoms with Gasteiger partial charge in [-0.05, 0) is 24.0 Å². The van der Waals surface area contributed by atoms with Crippen LogP contribution in [0.3, 0.4) is 0 Å². The van der Waals surface area contributed by atoms with Gasteiger partial charge in [-0.2, -0.15) is 0 Å². The van der Waals surface area contributed by atoms with Crippen LogP contribution in [0.1, 0.15) is 24.0 Å². The Labute approximate surface area is 90.5 Å². The molecule has 1 aromatic carbocycles. The van der Waals surface area contributed by atoms with Crippen LogP contribution in [0.15, 0.2) is 24.3 Å². The van der Waals surface area contributed by atoms with Crippen molar-refractivity contribution in [1.82, 2.24) is 4.90 Å². The van der Waals surface area contributed by atoms with Gasteiger partial charge < -0.3 is 5.11 Å². The average Bonchev–Trinajstić information content (AvgIpc) is 2.91. The van der Waals surface area contributed by atoms with Crippen LogP contribution >= 0.6 is 0 Å². The Morgan fingerprint density at radius 1 is 1.13 bits per heavy atom. The Morgan fingerprint density at radius 2 is 1.73 bits per heavy atom. The van der Waals surface area contributed by atoms with E-state index in [2.05, 4.69) is 29.2 Å². The number of aliphatic hydroxyl groups is 1. The van der Waals surface area contributed by atoms with Crippen LogP contribution in [0.5, 0.6) is 0 Å². The predicted octanol–water partition coefficient (Wildman–Crippen LogP) is 1.77. The molecule has 1 N–H and O–H groups in total. The summed E-state index contributed by atoms with van der Waals surface area (Å²) in [7, 11) is 0. The lowest BCUT2D eigenvalue weighted by atomic mass is 10.1. The van der Waals surface area contributed by atoms with Crippen LogP contribution in [0.25, 0.3) is 0 Å². The second-order valence-electron chi connectivity index (χ2n) is 5.07. The van der Waals surface area contributed by atoms with E-state index in [1.165, 1.54) is 24.0 Å². The summed E-state index contributed by atoms with van der Waals surface area (Å²) in [5.74, 6) is 0. The van der Waals surface area contributed by atoms with E-state index in [-0.39, 0.29) is 5.41 Å². The second-order valence-corrected chi connectivity index (χ2v) is 5.07. The molecule has 0 aromatic heterocycles. The lowest BCUT2D eigenvalue weighted by Gasteiger charge is -2.20. The first-order valence-electron chi connectivity index (χ1n) is 5.71. The summed E-state index contributed by atoms with van der Waals surface area (Å²) in [6.07, 6.45) is 2.41. The van der Waals surface area contributed by atoms with Crippen molar-refractivity contribution < 1.29 is 5.11 Å². The number of nitrogens with zero attached hydrogens (tertiary/aromatic N) is 1. The normalized spacial score (nSPS) is 22.7. The molecule has 2 aliphatic rings. The molecule has 1 aliphatic carbocycles. The van der Waals surface area contributed by atoms with Gasteiger partial charge in [0.2, 0.25) is 0 Å². The molecule has 1 saturated carbocycles. The van der Waals surface area contributed by atoms with E-state index in [4.69, 9.17) is 0 Å². The fourth-order valence-corrected chi connectivity index (χ4v) is 2.53. The Hall–Kier alpha value is -0.860. The summed E-state index contributed by atoms with van der Waals surface area (Å²) < 4.78 is 0. The first-order chi connectivity index (χ1) is 7.31. The molecule has 0 spiro atoms. The molecule has 2 heteroatoms. The maximum absolute atomic E-state index is 9.31. The standard InChI is InChI=1S/C13H17NO/c15-10-13(5-6-13)9-14-7-11-3-1-2-4-12(11)8-14/h1-4,15H,5-10H2. The number of fused-ring (bicyclic) bond motifs is 1. The van der Waals surface area contributed by atoms with E-state index >= 15 is 0 Å². The SMILES string of the molecule is OCC1(CN2Cc3ccccc3C2)CC1. The lowest BCUT2D eigenvalue weighted by Crippen LogP contribution is -2.27. The van der Waals surface area contributed by atoms with Crippen LogP contribution in [-0.2, 0) is 13.1 Å². The smallest absolute Gasteiger partial charge is 0.0499 e. The third-order valence-corrected chi connectivity index (χ3v) is 3.76. The zero-order chi connectivity index (χ0) is 10.3. The molecule has 80 valence electrons. The van der Waals surface area contributed by atoms with Crippen molar-refractivity contribution in [2.75, 3.05) is 13.2 Å². The van der Waals surface area contributed by atoms with Crippen molar-refractivity contribution in [3.8, 4) is 0 Å². The highest BCUT2D eigenvalue weighted by atomic mass is 16.3. The number of benzene rings is 1. The van der Waals surface area contributed by atoms with Crippen LogP contribution in [-0.4, -0.2) is 23.2 Å². The van der Waals surface area contributed by atoms with E-state index in [0.717, 1.165) is 19.6 Å². The molecule has 0 amide bonds. The maximum atomic E-state index is 9.31. The fourth-order valence-electron chi connectivity index (χ4n) is 2.53. The van der Waals surface area contributed by atoms with Crippen molar-refractivity contribution in [1.29, 1.82) is 0 Å². The van der Waals surface area contributed by atoms with Gasteiger partial charge in [-0.3, -0.25) is 4.90 Å². The fraction of sp³-hybridized carbons (Fsp3) is 0.538. The molecule has 0 bridgehead atoms. The van der Waals surface area contributed by atoms with Crippen molar-refractivity contribution in [3.63, 3.8) is 0 Å². The highest BCUT2D eigenvalue weighted by Crippen LogP contribution is 2.46. The third-order valence-electron chi connectivity index (χ3n) is 3.76. The first-order valence-corrected chi connectivity index (χ1v) is 5.71. The number of rotatable bonds is 3. The Bertz CT molecular complexity index is 346. The van der Waals surface area contributed by atoms with Gasteiger partial charge in [-0.25, -0.2) is 0 Å². The zero-order valence-corrected chi connectivity index (χ0v) is 8.95. The third kappa shape index (κ3) is 1.68. The summed E-state index contributed by atoms with van der Waals surface area (Å²) in [4.78, 5) is 2.47. The summed E-state index contributed by atoms with van der Waals surface area (Å²) in [5.41, 5.74) is 3.18. The van der Waals surface area contributed by atoms with Crippen LogP contribution in [0.4, 0.5) is 0 Å². The Kier molecular flexibility index (Phi) is 2.08. The van der Waals surface area contributed by atoms with Crippen LogP contribution in [0.2, 0.25) is 0 Å². The lowest BCUT2D eigenvalue weighted by molar-refractivity contribution is 0.148. The molecule has 1 aliphatic heterocycles. The van der Waals surface area contributed by atoms with Gasteiger partial charge in [-0.15, -0.1) is 0 Å².